The number of rotatable bonds is 3. The molecule has 0 aromatic heterocycles. The fraction of sp³-hybridized carbons (Fsp3) is 0.562. The van der Waals surface area contributed by atoms with Gasteiger partial charge in [-0.05, 0) is 43.9 Å². The molecule has 1 unspecified atom stereocenters. The fourth-order valence-corrected chi connectivity index (χ4v) is 2.95. The summed E-state index contributed by atoms with van der Waals surface area (Å²) in [7, 11) is 3.58. The Kier molecular flexibility index (Phi) is 4.53. The van der Waals surface area contributed by atoms with Gasteiger partial charge < -0.3 is 15.5 Å². The molecule has 1 amide bonds. The van der Waals surface area contributed by atoms with Gasteiger partial charge in [0.1, 0.15) is 0 Å². The molecule has 4 nitrogen and oxygen atoms in total. The molecule has 1 aliphatic heterocycles. The summed E-state index contributed by atoms with van der Waals surface area (Å²) in [6.07, 6.45) is 4.75. The van der Waals surface area contributed by atoms with Crippen LogP contribution in [-0.2, 0) is 0 Å². The van der Waals surface area contributed by atoms with Gasteiger partial charge in [0.05, 0.1) is 11.3 Å². The molecule has 1 saturated heterocycles. The molecule has 1 heterocycles. The van der Waals surface area contributed by atoms with Gasteiger partial charge in [-0.3, -0.25) is 4.79 Å². The molecule has 0 aliphatic carbocycles. The van der Waals surface area contributed by atoms with Crippen molar-refractivity contribution in [3.63, 3.8) is 0 Å². The van der Waals surface area contributed by atoms with Gasteiger partial charge >= 0.3 is 0 Å². The lowest BCUT2D eigenvalue weighted by Crippen LogP contribution is -2.40. The molecule has 0 saturated carbocycles. The minimum Gasteiger partial charge on any atom is -0.399 e. The van der Waals surface area contributed by atoms with Crippen molar-refractivity contribution in [2.75, 3.05) is 31.3 Å². The Bertz CT molecular complexity index is 485. The van der Waals surface area contributed by atoms with Crippen LogP contribution in [0.15, 0.2) is 18.2 Å². The molecule has 20 heavy (non-hydrogen) atoms. The highest BCUT2D eigenvalue weighted by Gasteiger charge is 2.25. The number of carbonyl (C=O) groups is 1. The Labute approximate surface area is 121 Å². The number of nitrogens with two attached hydrogens (primary N) is 1. The largest absolute Gasteiger partial charge is 0.399 e. The second kappa shape index (κ2) is 6.16. The second-order valence-electron chi connectivity index (χ2n) is 5.73. The van der Waals surface area contributed by atoms with Gasteiger partial charge in [-0.15, -0.1) is 0 Å². The maximum atomic E-state index is 12.4. The van der Waals surface area contributed by atoms with Gasteiger partial charge in [-0.2, -0.15) is 0 Å². The van der Waals surface area contributed by atoms with Gasteiger partial charge in [0.25, 0.3) is 5.91 Å². The number of hydrogen-bond acceptors (Lipinski definition) is 3. The van der Waals surface area contributed by atoms with Crippen LogP contribution in [0.2, 0.25) is 0 Å². The lowest BCUT2D eigenvalue weighted by Gasteiger charge is -2.38. The molecular formula is C16H25N3O. The van der Waals surface area contributed by atoms with E-state index in [-0.39, 0.29) is 5.91 Å². The maximum absolute atomic E-state index is 12.4. The van der Waals surface area contributed by atoms with Crippen LogP contribution in [0.3, 0.4) is 0 Å². The molecule has 0 radical (unpaired) electrons. The Hall–Kier alpha value is -1.71. The highest BCUT2D eigenvalue weighted by Crippen LogP contribution is 2.31. The summed E-state index contributed by atoms with van der Waals surface area (Å²) in [6, 6.07) is 6.13. The van der Waals surface area contributed by atoms with Crippen LogP contribution >= 0.6 is 0 Å². The normalized spacial score (nSPS) is 18.9. The van der Waals surface area contributed by atoms with Crippen molar-refractivity contribution in [2.45, 2.75) is 38.6 Å². The molecule has 110 valence electrons. The number of nitrogen functional groups attached to an aromatic ring is 1. The molecule has 1 aromatic carbocycles. The first kappa shape index (κ1) is 14.7. The van der Waals surface area contributed by atoms with Crippen LogP contribution in [0.1, 0.15) is 43.0 Å². The number of nitrogens with zero attached hydrogens (tertiary/aromatic N) is 2. The van der Waals surface area contributed by atoms with E-state index < -0.39 is 0 Å². The van der Waals surface area contributed by atoms with E-state index in [4.69, 9.17) is 5.73 Å². The number of anilines is 2. The summed E-state index contributed by atoms with van der Waals surface area (Å²) >= 11 is 0. The number of amides is 1. The number of carbonyl (C=O) groups excluding carboxylic acids is 1. The highest BCUT2D eigenvalue weighted by molar-refractivity contribution is 6.00. The van der Waals surface area contributed by atoms with Crippen LogP contribution in [0, 0.1) is 0 Å². The average Bonchev–Trinajstić information content (AvgIpc) is 2.46. The van der Waals surface area contributed by atoms with Crippen molar-refractivity contribution in [3.05, 3.63) is 23.8 Å². The molecule has 2 N–H and O–H groups in total. The zero-order chi connectivity index (χ0) is 14.7. The Morgan fingerprint density at radius 2 is 2.15 bits per heavy atom. The highest BCUT2D eigenvalue weighted by atomic mass is 16.2. The first-order valence-electron chi connectivity index (χ1n) is 7.42. The van der Waals surface area contributed by atoms with Crippen molar-refractivity contribution in [1.29, 1.82) is 0 Å². The van der Waals surface area contributed by atoms with Gasteiger partial charge in [0, 0.05) is 32.4 Å². The minimum absolute atomic E-state index is 0.0421. The van der Waals surface area contributed by atoms with Gasteiger partial charge in [0.2, 0.25) is 0 Å². The number of benzene rings is 1. The van der Waals surface area contributed by atoms with E-state index in [2.05, 4.69) is 11.8 Å². The van der Waals surface area contributed by atoms with Crippen LogP contribution in [0.25, 0.3) is 0 Å². The molecule has 1 aromatic rings. The average molecular weight is 275 g/mol. The molecule has 0 spiro atoms. The quantitative estimate of drug-likeness (QED) is 0.863. The topological polar surface area (TPSA) is 49.6 Å². The lowest BCUT2D eigenvalue weighted by atomic mass is 9.97. The number of hydrogen-bond donors (Lipinski definition) is 1. The molecule has 4 heteroatoms. The zero-order valence-corrected chi connectivity index (χ0v) is 12.7. The second-order valence-corrected chi connectivity index (χ2v) is 5.73. The van der Waals surface area contributed by atoms with Gasteiger partial charge in [0.15, 0.2) is 0 Å². The standard InChI is InChI=1S/C16H25N3O/c1-4-13-7-5-6-10-19(13)15-11-12(17)8-9-14(15)16(20)18(2)3/h8-9,11,13H,4-7,10,17H2,1-3H3. The van der Waals surface area contributed by atoms with E-state index in [1.807, 2.05) is 18.2 Å². The maximum Gasteiger partial charge on any atom is 0.255 e. The summed E-state index contributed by atoms with van der Waals surface area (Å²) in [5, 5.41) is 0. The summed E-state index contributed by atoms with van der Waals surface area (Å²) in [4.78, 5) is 16.4. The predicted molar refractivity (Wildman–Crippen MR) is 84.1 cm³/mol. The molecule has 1 aliphatic rings. The van der Waals surface area contributed by atoms with Gasteiger partial charge in [-0.1, -0.05) is 6.92 Å². The predicted octanol–water partition coefficient (Wildman–Crippen LogP) is 2.74. The third-order valence-electron chi connectivity index (χ3n) is 4.07. The molecule has 2 rings (SSSR count). The molecule has 0 bridgehead atoms. The Morgan fingerprint density at radius 1 is 1.40 bits per heavy atom. The molecule has 1 fully saturated rings. The Morgan fingerprint density at radius 3 is 2.80 bits per heavy atom. The van der Waals surface area contributed by atoms with E-state index in [0.29, 0.717) is 6.04 Å². The summed E-state index contributed by atoms with van der Waals surface area (Å²) in [5.41, 5.74) is 8.41. The monoisotopic (exact) mass is 275 g/mol. The first-order chi connectivity index (χ1) is 9.54. The van der Waals surface area contributed by atoms with Crippen LogP contribution in [0.4, 0.5) is 11.4 Å². The molecule has 1 atom stereocenters. The van der Waals surface area contributed by atoms with Crippen molar-refractivity contribution < 1.29 is 4.79 Å². The SMILES string of the molecule is CCC1CCCCN1c1cc(N)ccc1C(=O)N(C)C. The fourth-order valence-electron chi connectivity index (χ4n) is 2.95. The zero-order valence-electron chi connectivity index (χ0n) is 12.7. The van der Waals surface area contributed by atoms with E-state index >= 15 is 0 Å². The minimum atomic E-state index is 0.0421. The van der Waals surface area contributed by atoms with Gasteiger partial charge in [-0.25, -0.2) is 0 Å². The van der Waals surface area contributed by atoms with Crippen molar-refractivity contribution in [3.8, 4) is 0 Å². The van der Waals surface area contributed by atoms with Crippen LogP contribution < -0.4 is 10.6 Å². The summed E-state index contributed by atoms with van der Waals surface area (Å²) < 4.78 is 0. The lowest BCUT2D eigenvalue weighted by molar-refractivity contribution is 0.0828. The van der Waals surface area contributed by atoms with Crippen molar-refractivity contribution in [2.24, 2.45) is 0 Å². The van der Waals surface area contributed by atoms with Crippen LogP contribution in [0.5, 0.6) is 0 Å². The van der Waals surface area contributed by atoms with E-state index in [1.165, 1.54) is 19.3 Å². The summed E-state index contributed by atoms with van der Waals surface area (Å²) in [5.74, 6) is 0.0421. The summed E-state index contributed by atoms with van der Waals surface area (Å²) in [6.45, 7) is 3.22. The smallest absolute Gasteiger partial charge is 0.255 e. The Balaban J connectivity index is 2.42. The van der Waals surface area contributed by atoms with E-state index in [9.17, 15) is 4.79 Å². The van der Waals surface area contributed by atoms with Crippen molar-refractivity contribution in [1.82, 2.24) is 4.90 Å². The third kappa shape index (κ3) is 2.89. The van der Waals surface area contributed by atoms with E-state index in [0.717, 1.165) is 29.9 Å². The van der Waals surface area contributed by atoms with E-state index in [1.54, 1.807) is 19.0 Å². The first-order valence-corrected chi connectivity index (χ1v) is 7.42. The van der Waals surface area contributed by atoms with Crippen LogP contribution in [-0.4, -0.2) is 37.5 Å². The number of piperidine rings is 1. The molecular weight excluding hydrogens is 250 g/mol. The third-order valence-corrected chi connectivity index (χ3v) is 4.07. The van der Waals surface area contributed by atoms with Crippen molar-refractivity contribution >= 4 is 17.3 Å².